The average Bonchev–Trinajstić information content (AvgIpc) is 2.08. The fraction of sp³-hybridized carbons (Fsp3) is 0.500. The van der Waals surface area contributed by atoms with Crippen molar-refractivity contribution in [2.45, 2.75) is 18.2 Å². The lowest BCUT2D eigenvalue weighted by molar-refractivity contribution is -0.134. The lowest BCUT2D eigenvalue weighted by atomic mass is 10.4. The Bertz CT molecular complexity index is 212. The predicted octanol–water partition coefficient (Wildman–Crippen LogP) is -0.113. The summed E-state index contributed by atoms with van der Waals surface area (Å²) in [4.78, 5) is 29.4. The fourth-order valence-corrected chi connectivity index (χ4v) is 0.931. The normalized spacial score (nSPS) is 21.0. The van der Waals surface area contributed by atoms with Gasteiger partial charge in [0.1, 0.15) is 4.83 Å². The molecular formula is C6H8BrNO4. The Morgan fingerprint density at radius 2 is 2.08 bits per heavy atom. The average molecular weight is 238 g/mol. The first-order valence-corrected chi connectivity index (χ1v) is 4.02. The van der Waals surface area contributed by atoms with Crippen molar-refractivity contribution in [3.05, 3.63) is 0 Å². The Labute approximate surface area is 77.3 Å². The highest BCUT2D eigenvalue weighted by Gasteiger charge is 2.27. The highest BCUT2D eigenvalue weighted by molar-refractivity contribution is 9.10. The highest BCUT2D eigenvalue weighted by Crippen LogP contribution is 2.09. The molecule has 1 rings (SSSR count). The van der Waals surface area contributed by atoms with E-state index in [-0.39, 0.29) is 23.1 Å². The van der Waals surface area contributed by atoms with Crippen LogP contribution in [0.2, 0.25) is 0 Å². The summed E-state index contributed by atoms with van der Waals surface area (Å²) in [5.41, 5.74) is 0. The summed E-state index contributed by atoms with van der Waals surface area (Å²) in [6, 6.07) is 0. The molecule has 0 radical (unpaired) electrons. The van der Waals surface area contributed by atoms with Crippen LogP contribution in [0.4, 0.5) is 0 Å². The third-order valence-corrected chi connectivity index (χ3v) is 1.65. The van der Waals surface area contributed by atoms with Gasteiger partial charge >= 0.3 is 0 Å². The zero-order chi connectivity index (χ0) is 9.72. The van der Waals surface area contributed by atoms with Crippen molar-refractivity contribution in [3.63, 3.8) is 0 Å². The molecule has 2 N–H and O–H groups in total. The van der Waals surface area contributed by atoms with E-state index in [0.29, 0.717) is 0 Å². The van der Waals surface area contributed by atoms with Crippen LogP contribution in [0.15, 0.2) is 0 Å². The molecule has 1 saturated heterocycles. The first kappa shape index (κ1) is 11.1. The second-order valence-electron chi connectivity index (χ2n) is 2.10. The molecule has 5 nitrogen and oxygen atoms in total. The van der Waals surface area contributed by atoms with Crippen molar-refractivity contribution < 1.29 is 19.5 Å². The van der Waals surface area contributed by atoms with E-state index in [9.17, 15) is 9.59 Å². The van der Waals surface area contributed by atoms with Gasteiger partial charge in [-0.25, -0.2) is 0 Å². The molecule has 2 amide bonds. The summed E-state index contributed by atoms with van der Waals surface area (Å²) in [5, 5.41) is 9.56. The monoisotopic (exact) mass is 237 g/mol. The Morgan fingerprint density at radius 3 is 2.17 bits per heavy atom. The maximum atomic E-state index is 10.4. The summed E-state index contributed by atoms with van der Waals surface area (Å²) >= 11 is 3.01. The zero-order valence-corrected chi connectivity index (χ0v) is 7.92. The van der Waals surface area contributed by atoms with Crippen molar-refractivity contribution in [2.24, 2.45) is 0 Å². The summed E-state index contributed by atoms with van der Waals surface area (Å²) in [6.07, 6.45) is 0.277. The van der Waals surface area contributed by atoms with Crippen LogP contribution in [0.5, 0.6) is 0 Å². The number of alkyl halides is 1. The first-order chi connectivity index (χ1) is 5.43. The van der Waals surface area contributed by atoms with Gasteiger partial charge in [-0.3, -0.25) is 19.7 Å². The number of imide groups is 1. The molecule has 0 aromatic rings. The standard InChI is InChI=1S/C4H4BrNO2.C2H4O2/c5-2-1-3(7)6-4(2)8;1-2(3)4/h2H,1H2,(H,6,7,8);1H3,(H,3,4). The molecule has 1 aliphatic heterocycles. The second-order valence-corrected chi connectivity index (χ2v) is 3.21. The first-order valence-electron chi connectivity index (χ1n) is 3.10. The fourth-order valence-electron chi connectivity index (χ4n) is 0.522. The van der Waals surface area contributed by atoms with E-state index in [2.05, 4.69) is 21.2 Å². The van der Waals surface area contributed by atoms with Crippen LogP contribution in [0, 0.1) is 0 Å². The minimum absolute atomic E-state index is 0.197. The third kappa shape index (κ3) is 4.84. The molecule has 0 spiro atoms. The molecule has 6 heteroatoms. The molecule has 1 heterocycles. The van der Waals surface area contributed by atoms with Gasteiger partial charge in [0.15, 0.2) is 0 Å². The number of halogens is 1. The number of carboxylic acid groups (broad SMARTS) is 1. The van der Waals surface area contributed by atoms with Crippen LogP contribution in [0.25, 0.3) is 0 Å². The minimum Gasteiger partial charge on any atom is -0.481 e. The Kier molecular flexibility index (Phi) is 4.50. The van der Waals surface area contributed by atoms with E-state index >= 15 is 0 Å². The summed E-state index contributed by atoms with van der Waals surface area (Å²) in [7, 11) is 0. The van der Waals surface area contributed by atoms with Crippen molar-refractivity contribution in [1.82, 2.24) is 5.32 Å². The molecule has 0 bridgehead atoms. The van der Waals surface area contributed by atoms with Gasteiger partial charge in [-0.1, -0.05) is 15.9 Å². The van der Waals surface area contributed by atoms with E-state index in [1.807, 2.05) is 0 Å². The molecule has 12 heavy (non-hydrogen) atoms. The van der Waals surface area contributed by atoms with Crippen LogP contribution in [0.3, 0.4) is 0 Å². The topological polar surface area (TPSA) is 83.5 Å². The van der Waals surface area contributed by atoms with Gasteiger partial charge in [-0.15, -0.1) is 0 Å². The van der Waals surface area contributed by atoms with Crippen molar-refractivity contribution in [3.8, 4) is 0 Å². The van der Waals surface area contributed by atoms with Crippen LogP contribution in [-0.4, -0.2) is 27.7 Å². The van der Waals surface area contributed by atoms with Gasteiger partial charge in [0.2, 0.25) is 11.8 Å². The van der Waals surface area contributed by atoms with E-state index in [1.54, 1.807) is 0 Å². The number of nitrogens with one attached hydrogen (secondary N) is 1. The van der Waals surface area contributed by atoms with Crippen molar-refractivity contribution >= 4 is 33.7 Å². The summed E-state index contributed by atoms with van der Waals surface area (Å²) in [6.45, 7) is 1.08. The van der Waals surface area contributed by atoms with E-state index in [0.717, 1.165) is 6.92 Å². The number of carboxylic acids is 1. The van der Waals surface area contributed by atoms with Gasteiger partial charge in [0, 0.05) is 13.3 Å². The summed E-state index contributed by atoms with van der Waals surface area (Å²) < 4.78 is 0. The maximum absolute atomic E-state index is 10.4. The van der Waals surface area contributed by atoms with Crippen LogP contribution in [0.1, 0.15) is 13.3 Å². The Morgan fingerprint density at radius 1 is 1.67 bits per heavy atom. The Hall–Kier alpha value is -0.910. The molecule has 1 unspecified atom stereocenters. The van der Waals surface area contributed by atoms with E-state index < -0.39 is 5.97 Å². The number of carbonyl (C=O) groups is 3. The highest BCUT2D eigenvalue weighted by atomic mass is 79.9. The number of carbonyl (C=O) groups excluding carboxylic acids is 2. The number of hydrogen-bond acceptors (Lipinski definition) is 3. The second kappa shape index (κ2) is 4.87. The quantitative estimate of drug-likeness (QED) is 0.455. The number of rotatable bonds is 0. The minimum atomic E-state index is -0.833. The number of aliphatic carboxylic acids is 1. The summed E-state index contributed by atoms with van der Waals surface area (Å²) in [5.74, 6) is -1.26. The van der Waals surface area contributed by atoms with Gasteiger partial charge in [0.25, 0.3) is 5.97 Å². The van der Waals surface area contributed by atoms with Gasteiger partial charge in [-0.05, 0) is 0 Å². The molecule has 0 aromatic heterocycles. The van der Waals surface area contributed by atoms with Crippen molar-refractivity contribution in [2.75, 3.05) is 0 Å². The van der Waals surface area contributed by atoms with Crippen LogP contribution in [-0.2, 0) is 14.4 Å². The molecule has 0 aromatic carbocycles. The predicted molar refractivity (Wildman–Crippen MR) is 43.8 cm³/mol. The van der Waals surface area contributed by atoms with Gasteiger partial charge < -0.3 is 5.11 Å². The molecule has 1 atom stereocenters. The molecule has 0 saturated carbocycles. The van der Waals surface area contributed by atoms with E-state index in [1.165, 1.54) is 0 Å². The molecule has 0 aliphatic carbocycles. The molecular weight excluding hydrogens is 230 g/mol. The Balaban J connectivity index is 0.000000261. The van der Waals surface area contributed by atoms with Crippen LogP contribution >= 0.6 is 15.9 Å². The van der Waals surface area contributed by atoms with Gasteiger partial charge in [-0.2, -0.15) is 0 Å². The maximum Gasteiger partial charge on any atom is 0.300 e. The lowest BCUT2D eigenvalue weighted by Gasteiger charge is -1.86. The molecule has 1 fully saturated rings. The van der Waals surface area contributed by atoms with Crippen LogP contribution < -0.4 is 5.32 Å². The largest absolute Gasteiger partial charge is 0.481 e. The smallest absolute Gasteiger partial charge is 0.300 e. The van der Waals surface area contributed by atoms with Gasteiger partial charge in [0.05, 0.1) is 0 Å². The number of hydrogen-bond donors (Lipinski definition) is 2. The molecule has 1 aliphatic rings. The zero-order valence-electron chi connectivity index (χ0n) is 6.33. The number of amides is 2. The molecule has 68 valence electrons. The SMILES string of the molecule is CC(=O)O.O=C1CC(Br)C(=O)N1. The van der Waals surface area contributed by atoms with E-state index in [4.69, 9.17) is 9.90 Å². The van der Waals surface area contributed by atoms with Crippen molar-refractivity contribution in [1.29, 1.82) is 0 Å². The third-order valence-electron chi connectivity index (χ3n) is 0.912. The lowest BCUT2D eigenvalue weighted by Crippen LogP contribution is -2.21.